The molecule has 0 atom stereocenters. The second-order valence-corrected chi connectivity index (χ2v) is 18.0. The van der Waals surface area contributed by atoms with Gasteiger partial charge in [0.15, 0.2) is 5.82 Å². The van der Waals surface area contributed by atoms with Gasteiger partial charge in [-0.25, -0.2) is 0 Å². The van der Waals surface area contributed by atoms with Crippen molar-refractivity contribution in [2.75, 3.05) is 0 Å². The summed E-state index contributed by atoms with van der Waals surface area (Å²) >= 11 is 0. The summed E-state index contributed by atoms with van der Waals surface area (Å²) in [4.78, 5) is 16.4. The first-order valence-electron chi connectivity index (χ1n) is 23.7. The van der Waals surface area contributed by atoms with Crippen molar-refractivity contribution < 1.29 is 0 Å². The highest BCUT2D eigenvalue weighted by molar-refractivity contribution is 6.14. The van der Waals surface area contributed by atoms with Gasteiger partial charge in [0.2, 0.25) is 11.9 Å². The molecule has 5 heterocycles. The summed E-state index contributed by atoms with van der Waals surface area (Å²) in [5, 5.41) is 9.37. The van der Waals surface area contributed by atoms with Crippen LogP contribution in [0.5, 0.6) is 0 Å². The lowest BCUT2D eigenvalue weighted by Crippen LogP contribution is -2.11. The molecule has 0 aliphatic carbocycles. The molecule has 15 rings (SSSR count). The van der Waals surface area contributed by atoms with Crippen molar-refractivity contribution in [3.8, 4) is 45.8 Å². The first-order valence-corrected chi connectivity index (χ1v) is 23.7. The average molecular weight is 894 g/mol. The Morgan fingerprint density at radius 1 is 0.243 bits per heavy atom. The maximum absolute atomic E-state index is 5.48. The lowest BCUT2D eigenvalue weighted by molar-refractivity contribution is 0.892. The topological polar surface area (TPSA) is 58.4 Å². The molecule has 326 valence electrons. The van der Waals surface area contributed by atoms with Crippen molar-refractivity contribution in [1.82, 2.24) is 33.2 Å². The summed E-state index contributed by atoms with van der Waals surface area (Å²) in [6.45, 7) is 0. The number of fused-ring (bicyclic) bond motifs is 12. The molecule has 0 spiro atoms. The second-order valence-electron chi connectivity index (χ2n) is 18.0. The fourth-order valence-corrected chi connectivity index (χ4v) is 11.2. The van der Waals surface area contributed by atoms with Crippen molar-refractivity contribution in [3.63, 3.8) is 0 Å². The summed E-state index contributed by atoms with van der Waals surface area (Å²) in [6.07, 6.45) is 0. The van der Waals surface area contributed by atoms with Crippen molar-refractivity contribution in [3.05, 3.63) is 237 Å². The molecule has 0 unspecified atom stereocenters. The summed E-state index contributed by atoms with van der Waals surface area (Å²) < 4.78 is 9.13. The molecular weight excluding hydrogens is 855 g/mol. The van der Waals surface area contributed by atoms with Gasteiger partial charge in [-0.2, -0.15) is 15.0 Å². The van der Waals surface area contributed by atoms with Crippen molar-refractivity contribution in [2.45, 2.75) is 0 Å². The van der Waals surface area contributed by atoms with Crippen LogP contribution in [0, 0.1) is 0 Å². The fourth-order valence-electron chi connectivity index (χ4n) is 11.2. The molecule has 0 bridgehead atoms. The number of hydrogen-bond acceptors (Lipinski definition) is 3. The summed E-state index contributed by atoms with van der Waals surface area (Å²) in [7, 11) is 0. The largest absolute Gasteiger partial charge is 0.309 e. The molecule has 15 aromatic rings. The van der Waals surface area contributed by atoms with Crippen LogP contribution >= 0.6 is 0 Å². The Kier molecular flexibility index (Phi) is 8.23. The van der Waals surface area contributed by atoms with Crippen LogP contribution in [0.25, 0.3) is 133 Å². The minimum atomic E-state index is 0.546. The maximum Gasteiger partial charge on any atom is 0.240 e. The SMILES string of the molecule is c1ccc(-n2c3ccccc3c3cc(-c4ccc5c(c4)c4ccccc4n5-c4ccccc4-c4nc(-n5c6ccccc6c6ccccc65)nc(-n5c6ccccc6c6ccccc65)n4)ccc32)cc1. The minimum absolute atomic E-state index is 0.546. The number of para-hydroxylation sites is 8. The van der Waals surface area contributed by atoms with Gasteiger partial charge >= 0.3 is 0 Å². The van der Waals surface area contributed by atoms with Crippen molar-refractivity contribution >= 4 is 87.2 Å². The zero-order valence-corrected chi connectivity index (χ0v) is 37.6. The van der Waals surface area contributed by atoms with E-state index in [1.54, 1.807) is 0 Å². The van der Waals surface area contributed by atoms with Crippen molar-refractivity contribution in [2.24, 2.45) is 0 Å². The molecule has 0 fully saturated rings. The quantitative estimate of drug-likeness (QED) is 0.167. The highest BCUT2D eigenvalue weighted by Gasteiger charge is 2.23. The maximum atomic E-state index is 5.48. The van der Waals surface area contributed by atoms with Gasteiger partial charge in [0.1, 0.15) is 0 Å². The number of rotatable bonds is 6. The molecule has 0 N–H and O–H groups in total. The Morgan fingerprint density at radius 3 is 1.06 bits per heavy atom. The van der Waals surface area contributed by atoms with Gasteiger partial charge in [-0.15, -0.1) is 0 Å². The number of benzene rings is 10. The minimum Gasteiger partial charge on any atom is -0.309 e. The van der Waals surface area contributed by atoms with Crippen LogP contribution in [0.3, 0.4) is 0 Å². The average Bonchev–Trinajstić information content (AvgIpc) is 4.16. The monoisotopic (exact) mass is 893 g/mol. The van der Waals surface area contributed by atoms with E-state index in [1.807, 2.05) is 0 Å². The van der Waals surface area contributed by atoms with E-state index in [0.717, 1.165) is 77.1 Å². The molecule has 0 radical (unpaired) electrons. The van der Waals surface area contributed by atoms with Gasteiger partial charge in [-0.1, -0.05) is 152 Å². The number of nitrogens with zero attached hydrogens (tertiary/aromatic N) is 7. The van der Waals surface area contributed by atoms with Gasteiger partial charge in [0.05, 0.1) is 49.8 Å². The Balaban J connectivity index is 0.952. The third kappa shape index (κ3) is 5.60. The molecule has 70 heavy (non-hydrogen) atoms. The predicted molar refractivity (Wildman–Crippen MR) is 288 cm³/mol. The second kappa shape index (κ2) is 15.0. The van der Waals surface area contributed by atoms with Gasteiger partial charge in [0.25, 0.3) is 0 Å². The van der Waals surface area contributed by atoms with Crippen LogP contribution in [0.15, 0.2) is 237 Å². The van der Waals surface area contributed by atoms with E-state index < -0.39 is 0 Å². The van der Waals surface area contributed by atoms with Crippen LogP contribution in [-0.2, 0) is 0 Å². The summed E-state index contributed by atoms with van der Waals surface area (Å²) in [6, 6.07) is 84.4. The van der Waals surface area contributed by atoms with Gasteiger partial charge < -0.3 is 9.13 Å². The summed E-state index contributed by atoms with van der Waals surface area (Å²) in [5.74, 6) is 1.67. The first kappa shape index (κ1) is 38.5. The van der Waals surface area contributed by atoms with E-state index in [1.165, 1.54) is 38.1 Å². The number of aromatic nitrogens is 7. The van der Waals surface area contributed by atoms with Crippen LogP contribution in [0.2, 0.25) is 0 Å². The molecule has 7 nitrogen and oxygen atoms in total. The lowest BCUT2D eigenvalue weighted by atomic mass is 10.0. The first-order chi connectivity index (χ1) is 34.7. The van der Waals surface area contributed by atoms with Gasteiger partial charge in [-0.05, 0) is 96.1 Å². The van der Waals surface area contributed by atoms with Crippen LogP contribution in [-0.4, -0.2) is 33.2 Å². The molecule has 0 saturated heterocycles. The molecule has 7 heteroatoms. The smallest absolute Gasteiger partial charge is 0.240 e. The zero-order valence-electron chi connectivity index (χ0n) is 37.6. The van der Waals surface area contributed by atoms with E-state index >= 15 is 0 Å². The predicted octanol–water partition coefficient (Wildman–Crippen LogP) is 15.6. The normalized spacial score (nSPS) is 12.0. The molecule has 0 aliphatic rings. The standard InChI is InChI=1S/C63H39N7/c1-2-18-42(19-3-1)67-52-27-11-8-24-47(52)50-38-40(34-36-59(50)67)41-35-37-60-51(39-41)48-25-9-12-28-53(48)68(60)58-33-17-10-26-49(58)61-64-62(69-54-29-13-4-20-43(54)44-21-5-14-30-55(44)69)66-63(65-61)70-56-31-15-6-22-45(56)46-23-7-16-32-57(46)70/h1-39H. The highest BCUT2D eigenvalue weighted by Crippen LogP contribution is 2.41. The Bertz CT molecular complexity index is 4370. The molecule has 0 amide bonds. The van der Waals surface area contributed by atoms with E-state index in [9.17, 15) is 0 Å². The van der Waals surface area contributed by atoms with Crippen LogP contribution < -0.4 is 0 Å². The Hall–Kier alpha value is -9.59. The Morgan fingerprint density at radius 2 is 0.586 bits per heavy atom. The number of hydrogen-bond donors (Lipinski definition) is 0. The third-order valence-electron chi connectivity index (χ3n) is 14.3. The third-order valence-corrected chi connectivity index (χ3v) is 14.3. The van der Waals surface area contributed by atoms with E-state index in [4.69, 9.17) is 15.0 Å². The molecule has 0 saturated carbocycles. The lowest BCUT2D eigenvalue weighted by Gasteiger charge is -2.16. The van der Waals surface area contributed by atoms with Crippen LogP contribution in [0.1, 0.15) is 0 Å². The summed E-state index contributed by atoms with van der Waals surface area (Å²) in [5.41, 5.74) is 14.0. The molecular formula is C63H39N7. The zero-order chi connectivity index (χ0) is 45.9. The van der Waals surface area contributed by atoms with Gasteiger partial charge in [-0.3, -0.25) is 9.13 Å². The Labute approximate surface area is 401 Å². The van der Waals surface area contributed by atoms with Crippen LogP contribution in [0.4, 0.5) is 0 Å². The van der Waals surface area contributed by atoms with Gasteiger partial charge in [0, 0.05) is 54.3 Å². The van der Waals surface area contributed by atoms with E-state index in [-0.39, 0.29) is 0 Å². The fraction of sp³-hybridized carbons (Fsp3) is 0. The van der Waals surface area contributed by atoms with E-state index in [2.05, 4.69) is 255 Å². The molecule has 0 aliphatic heterocycles. The molecule has 10 aromatic carbocycles. The van der Waals surface area contributed by atoms with E-state index in [0.29, 0.717) is 17.7 Å². The van der Waals surface area contributed by atoms with Crippen molar-refractivity contribution in [1.29, 1.82) is 0 Å². The highest BCUT2D eigenvalue weighted by atomic mass is 15.3. The molecule has 5 aromatic heterocycles.